The molecule has 1 aliphatic heterocycles. The smallest absolute Gasteiger partial charge is 0.252 e. The van der Waals surface area contributed by atoms with Crippen molar-refractivity contribution >= 4 is 29.0 Å². The van der Waals surface area contributed by atoms with Crippen LogP contribution in [0.4, 0.5) is 11.4 Å². The van der Waals surface area contributed by atoms with E-state index in [1.807, 2.05) is 13.8 Å². The topological polar surface area (TPSA) is 102 Å². The Hall–Kier alpha value is -3.49. The van der Waals surface area contributed by atoms with E-state index >= 15 is 0 Å². The largest absolute Gasteiger partial charge is 0.495 e. The maximum atomic E-state index is 12.6. The molecule has 30 heavy (non-hydrogen) atoms. The lowest BCUT2D eigenvalue weighted by Crippen LogP contribution is -2.24. The van der Waals surface area contributed by atoms with Crippen LogP contribution < -0.4 is 15.0 Å². The molecule has 0 saturated carbocycles. The van der Waals surface area contributed by atoms with Crippen molar-refractivity contribution in [1.29, 1.82) is 0 Å². The Morgan fingerprint density at radius 1 is 1.30 bits per heavy atom. The summed E-state index contributed by atoms with van der Waals surface area (Å²) in [5.41, 5.74) is 4.09. The number of carbonyl (C=O) groups is 2. The molecule has 156 valence electrons. The van der Waals surface area contributed by atoms with Gasteiger partial charge in [-0.15, -0.1) is 0 Å². The van der Waals surface area contributed by atoms with Gasteiger partial charge >= 0.3 is 0 Å². The van der Waals surface area contributed by atoms with Gasteiger partial charge in [-0.3, -0.25) is 9.59 Å². The Labute approximate surface area is 174 Å². The van der Waals surface area contributed by atoms with Crippen molar-refractivity contribution in [2.75, 3.05) is 23.9 Å². The van der Waals surface area contributed by atoms with Gasteiger partial charge in [0.25, 0.3) is 5.78 Å². The zero-order chi connectivity index (χ0) is 21.3. The fourth-order valence-electron chi connectivity index (χ4n) is 3.86. The molecule has 0 atom stereocenters. The van der Waals surface area contributed by atoms with Gasteiger partial charge in [-0.05, 0) is 50.5 Å². The van der Waals surface area contributed by atoms with E-state index in [0.717, 1.165) is 23.4 Å². The number of aryl methyl sites for hydroxylation is 2. The zero-order valence-electron chi connectivity index (χ0n) is 17.3. The molecule has 2 amide bonds. The first kappa shape index (κ1) is 19.8. The van der Waals surface area contributed by atoms with Crippen LogP contribution in [0.1, 0.15) is 36.2 Å². The number of amides is 2. The van der Waals surface area contributed by atoms with Gasteiger partial charge in [0.15, 0.2) is 0 Å². The second kappa shape index (κ2) is 8.10. The molecule has 9 nitrogen and oxygen atoms in total. The van der Waals surface area contributed by atoms with E-state index in [0.29, 0.717) is 48.7 Å². The number of fused-ring (bicyclic) bond motifs is 1. The number of rotatable bonds is 6. The first-order valence-corrected chi connectivity index (χ1v) is 9.92. The number of hydrogen-bond acceptors (Lipinski definition) is 6. The van der Waals surface area contributed by atoms with Crippen molar-refractivity contribution < 1.29 is 14.3 Å². The summed E-state index contributed by atoms with van der Waals surface area (Å²) in [5.74, 6) is 1.12. The summed E-state index contributed by atoms with van der Waals surface area (Å²) in [6, 6.07) is 5.34. The van der Waals surface area contributed by atoms with Crippen molar-refractivity contribution in [1.82, 2.24) is 19.6 Å². The molecule has 0 spiro atoms. The van der Waals surface area contributed by atoms with Gasteiger partial charge < -0.3 is 15.0 Å². The molecule has 0 radical (unpaired) electrons. The summed E-state index contributed by atoms with van der Waals surface area (Å²) in [7, 11) is 1.57. The fourth-order valence-corrected chi connectivity index (χ4v) is 3.86. The summed E-state index contributed by atoms with van der Waals surface area (Å²) >= 11 is 0. The lowest BCUT2D eigenvalue weighted by molar-refractivity contribution is -0.117. The van der Waals surface area contributed by atoms with E-state index in [9.17, 15) is 9.59 Å². The summed E-state index contributed by atoms with van der Waals surface area (Å²) < 4.78 is 7.08. The zero-order valence-corrected chi connectivity index (χ0v) is 17.3. The molecule has 4 rings (SSSR count). The number of carbonyl (C=O) groups excluding carboxylic acids is 2. The second-order valence-electron chi connectivity index (χ2n) is 7.32. The molecular formula is C21H24N6O3. The number of methoxy groups -OCH3 is 1. The maximum absolute atomic E-state index is 12.6. The van der Waals surface area contributed by atoms with E-state index in [-0.39, 0.29) is 11.8 Å². The van der Waals surface area contributed by atoms with E-state index in [1.165, 1.54) is 6.33 Å². The highest BCUT2D eigenvalue weighted by Gasteiger charge is 2.25. The number of aromatic nitrogens is 4. The van der Waals surface area contributed by atoms with Gasteiger partial charge in [0.2, 0.25) is 11.8 Å². The van der Waals surface area contributed by atoms with Gasteiger partial charge in [0.05, 0.1) is 12.8 Å². The number of anilines is 2. The Morgan fingerprint density at radius 3 is 2.87 bits per heavy atom. The van der Waals surface area contributed by atoms with Crippen LogP contribution in [0.15, 0.2) is 24.5 Å². The number of ether oxygens (including phenoxy) is 1. The van der Waals surface area contributed by atoms with Crippen LogP contribution in [0, 0.1) is 13.8 Å². The quantitative estimate of drug-likeness (QED) is 0.672. The monoisotopic (exact) mass is 408 g/mol. The SMILES string of the molecule is COc1ccc(NC(=O)CCc2c(C)nc3ncnn3c2C)cc1N1CCCC1=O. The predicted octanol–water partition coefficient (Wildman–Crippen LogP) is 2.45. The standard InChI is InChI=1S/C21H24N6O3/c1-13-16(14(2)27-21(24-13)22-12-23-27)7-9-19(28)25-15-6-8-18(30-3)17(11-15)26-10-4-5-20(26)29/h6,8,11-12H,4-5,7,9-10H2,1-3H3,(H,25,28). The molecule has 2 aromatic heterocycles. The molecule has 1 saturated heterocycles. The van der Waals surface area contributed by atoms with Crippen LogP contribution in [0.2, 0.25) is 0 Å². The molecular weight excluding hydrogens is 384 g/mol. The highest BCUT2D eigenvalue weighted by Crippen LogP contribution is 2.34. The van der Waals surface area contributed by atoms with Gasteiger partial charge in [-0.25, -0.2) is 9.50 Å². The molecule has 3 heterocycles. The Kier molecular flexibility index (Phi) is 5.35. The first-order chi connectivity index (χ1) is 14.5. The summed E-state index contributed by atoms with van der Waals surface area (Å²) in [6.07, 6.45) is 3.66. The third-order valence-electron chi connectivity index (χ3n) is 5.42. The highest BCUT2D eigenvalue weighted by molar-refractivity contribution is 5.98. The summed E-state index contributed by atoms with van der Waals surface area (Å²) in [5, 5.41) is 7.11. The van der Waals surface area contributed by atoms with E-state index in [4.69, 9.17) is 4.74 Å². The molecule has 0 aliphatic carbocycles. The van der Waals surface area contributed by atoms with Crippen molar-refractivity contribution in [2.24, 2.45) is 0 Å². The Morgan fingerprint density at radius 2 is 2.13 bits per heavy atom. The van der Waals surface area contributed by atoms with Crippen molar-refractivity contribution in [3.8, 4) is 5.75 Å². The van der Waals surface area contributed by atoms with Crippen LogP contribution in [0.3, 0.4) is 0 Å². The highest BCUT2D eigenvalue weighted by atomic mass is 16.5. The van der Waals surface area contributed by atoms with E-state index in [2.05, 4.69) is 20.4 Å². The normalized spacial score (nSPS) is 13.8. The molecule has 1 N–H and O–H groups in total. The number of nitrogens with zero attached hydrogens (tertiary/aromatic N) is 5. The Balaban J connectivity index is 1.47. The van der Waals surface area contributed by atoms with Gasteiger partial charge in [0, 0.05) is 36.5 Å². The van der Waals surface area contributed by atoms with Gasteiger partial charge in [-0.2, -0.15) is 10.1 Å². The predicted molar refractivity (Wildman–Crippen MR) is 112 cm³/mol. The van der Waals surface area contributed by atoms with E-state index in [1.54, 1.807) is 34.7 Å². The average Bonchev–Trinajstić information content (AvgIpc) is 3.36. The minimum atomic E-state index is -0.114. The fraction of sp³-hybridized carbons (Fsp3) is 0.381. The number of nitrogens with one attached hydrogen (secondary N) is 1. The lowest BCUT2D eigenvalue weighted by Gasteiger charge is -2.20. The van der Waals surface area contributed by atoms with Gasteiger partial charge in [0.1, 0.15) is 12.1 Å². The molecule has 0 bridgehead atoms. The molecule has 9 heteroatoms. The van der Waals surface area contributed by atoms with Crippen LogP contribution in [-0.4, -0.2) is 45.1 Å². The lowest BCUT2D eigenvalue weighted by atomic mass is 10.1. The minimum Gasteiger partial charge on any atom is -0.495 e. The molecule has 1 fully saturated rings. The third kappa shape index (κ3) is 3.70. The molecule has 1 aromatic carbocycles. The van der Waals surface area contributed by atoms with Gasteiger partial charge in [-0.1, -0.05) is 0 Å². The average molecular weight is 408 g/mol. The summed E-state index contributed by atoms with van der Waals surface area (Å²) in [6.45, 7) is 4.52. The van der Waals surface area contributed by atoms with Crippen LogP contribution >= 0.6 is 0 Å². The third-order valence-corrected chi connectivity index (χ3v) is 5.42. The second-order valence-corrected chi connectivity index (χ2v) is 7.32. The van der Waals surface area contributed by atoms with E-state index < -0.39 is 0 Å². The Bertz CT molecular complexity index is 1120. The van der Waals surface area contributed by atoms with Crippen molar-refractivity contribution in [2.45, 2.75) is 39.5 Å². The molecule has 0 unspecified atom stereocenters. The minimum absolute atomic E-state index is 0.0683. The first-order valence-electron chi connectivity index (χ1n) is 9.92. The van der Waals surface area contributed by atoms with Crippen LogP contribution in [0.25, 0.3) is 5.78 Å². The van der Waals surface area contributed by atoms with Crippen molar-refractivity contribution in [3.63, 3.8) is 0 Å². The van der Waals surface area contributed by atoms with Crippen molar-refractivity contribution in [3.05, 3.63) is 41.5 Å². The van der Waals surface area contributed by atoms with Crippen LogP contribution in [-0.2, 0) is 16.0 Å². The molecule has 1 aliphatic rings. The summed E-state index contributed by atoms with van der Waals surface area (Å²) in [4.78, 5) is 35.0. The molecule has 3 aromatic rings. The number of hydrogen-bond donors (Lipinski definition) is 1. The number of benzene rings is 1. The maximum Gasteiger partial charge on any atom is 0.252 e. The van der Waals surface area contributed by atoms with Crippen LogP contribution in [0.5, 0.6) is 5.75 Å².